The van der Waals surface area contributed by atoms with Crippen molar-refractivity contribution >= 4 is 36.3 Å². The van der Waals surface area contributed by atoms with Crippen LogP contribution in [0.1, 0.15) is 40.0 Å². The van der Waals surface area contributed by atoms with E-state index in [0.29, 0.717) is 19.4 Å². The molecular weight excluding hydrogens is 386 g/mol. The van der Waals surface area contributed by atoms with Crippen molar-refractivity contribution in [3.8, 4) is 0 Å². The molecule has 0 fully saturated rings. The summed E-state index contributed by atoms with van der Waals surface area (Å²) in [5.74, 6) is -3.20. The highest BCUT2D eigenvalue weighted by molar-refractivity contribution is 7.80. The fraction of sp³-hybridized carbons (Fsp3) is 0.765. The Bertz CT molecular complexity index is 544. The molecule has 0 heterocycles. The maximum absolute atomic E-state index is 12.6. The summed E-state index contributed by atoms with van der Waals surface area (Å²) >= 11 is 4.05. The highest BCUT2D eigenvalue weighted by Gasteiger charge is 2.31. The Hall–Kier alpha value is -1.85. The van der Waals surface area contributed by atoms with Crippen LogP contribution in [0.2, 0.25) is 0 Å². The van der Waals surface area contributed by atoms with E-state index in [4.69, 9.17) is 11.5 Å². The molecule has 0 saturated heterocycles. The van der Waals surface area contributed by atoms with Crippen LogP contribution in [-0.2, 0) is 19.2 Å². The Labute approximate surface area is 171 Å². The Kier molecular flexibility index (Phi) is 12.5. The third kappa shape index (κ3) is 9.38. The third-order valence-electron chi connectivity index (χ3n) is 4.04. The summed E-state index contributed by atoms with van der Waals surface area (Å²) in [6.45, 7) is 5.34. The summed E-state index contributed by atoms with van der Waals surface area (Å²) in [5, 5.41) is 16.8. The minimum absolute atomic E-state index is 0.00751. The second kappa shape index (κ2) is 13.3. The second-order valence-corrected chi connectivity index (χ2v) is 7.31. The molecule has 0 aromatic carbocycles. The predicted molar refractivity (Wildman–Crippen MR) is 109 cm³/mol. The number of thiol groups is 1. The van der Waals surface area contributed by atoms with Crippen LogP contribution in [0.5, 0.6) is 0 Å². The topological polar surface area (TPSA) is 177 Å². The molecule has 0 saturated carbocycles. The second-order valence-electron chi connectivity index (χ2n) is 6.95. The number of carbonyl (C=O) groups is 4. The molecule has 8 N–H and O–H groups in total. The largest absolute Gasteiger partial charge is 0.480 e. The van der Waals surface area contributed by atoms with Gasteiger partial charge in [0, 0.05) is 5.75 Å². The summed E-state index contributed by atoms with van der Waals surface area (Å²) in [6, 6.07) is -3.82. The molecule has 0 aliphatic carbocycles. The van der Waals surface area contributed by atoms with E-state index in [-0.39, 0.29) is 18.1 Å². The first-order valence-corrected chi connectivity index (χ1v) is 9.88. The average molecular weight is 420 g/mol. The van der Waals surface area contributed by atoms with E-state index in [1.807, 2.05) is 0 Å². The first kappa shape index (κ1) is 26.1. The number of rotatable bonds is 13. The van der Waals surface area contributed by atoms with Gasteiger partial charge in [0.1, 0.15) is 18.1 Å². The Morgan fingerprint density at radius 2 is 1.50 bits per heavy atom. The van der Waals surface area contributed by atoms with Gasteiger partial charge in [0.15, 0.2) is 0 Å². The number of carboxylic acids is 1. The van der Waals surface area contributed by atoms with Crippen molar-refractivity contribution in [3.63, 3.8) is 0 Å². The lowest BCUT2D eigenvalue weighted by molar-refractivity contribution is -0.142. The van der Waals surface area contributed by atoms with Crippen LogP contribution in [0.25, 0.3) is 0 Å². The van der Waals surface area contributed by atoms with Crippen LogP contribution in [0.3, 0.4) is 0 Å². The van der Waals surface area contributed by atoms with Gasteiger partial charge in [-0.15, -0.1) is 0 Å². The lowest BCUT2D eigenvalue weighted by Crippen LogP contribution is -2.58. The van der Waals surface area contributed by atoms with Gasteiger partial charge in [0.2, 0.25) is 17.7 Å². The Morgan fingerprint density at radius 3 is 1.93 bits per heavy atom. The fourth-order valence-electron chi connectivity index (χ4n) is 2.30. The first-order chi connectivity index (χ1) is 13.0. The van der Waals surface area contributed by atoms with E-state index >= 15 is 0 Å². The zero-order chi connectivity index (χ0) is 21.9. The standard InChI is InChI=1S/C17H33N5O5S/c1-9(2)13(16(25)20-11(17(26)27)6-4-5-7-18)22-15(24)12(8-28)21-14(23)10(3)19/h9-13,28H,4-8,18-19H2,1-3H3,(H,20,25)(H,21,23)(H,22,24)(H,26,27). The van der Waals surface area contributed by atoms with Crippen molar-refractivity contribution < 1.29 is 24.3 Å². The van der Waals surface area contributed by atoms with Crippen LogP contribution in [-0.4, -0.2) is 65.3 Å². The number of hydrogen-bond acceptors (Lipinski definition) is 7. The molecule has 3 amide bonds. The first-order valence-electron chi connectivity index (χ1n) is 9.25. The van der Waals surface area contributed by atoms with Crippen molar-refractivity contribution in [3.05, 3.63) is 0 Å². The third-order valence-corrected chi connectivity index (χ3v) is 4.40. The number of carbonyl (C=O) groups excluding carboxylic acids is 3. The molecule has 0 aliphatic rings. The predicted octanol–water partition coefficient (Wildman–Crippen LogP) is -1.41. The molecule has 0 aromatic rings. The molecule has 0 bridgehead atoms. The quantitative estimate of drug-likeness (QED) is 0.142. The van der Waals surface area contributed by atoms with Gasteiger partial charge in [-0.2, -0.15) is 12.6 Å². The molecule has 28 heavy (non-hydrogen) atoms. The van der Waals surface area contributed by atoms with E-state index in [2.05, 4.69) is 28.6 Å². The highest BCUT2D eigenvalue weighted by Crippen LogP contribution is 2.06. The van der Waals surface area contributed by atoms with Crippen molar-refractivity contribution in [2.75, 3.05) is 12.3 Å². The van der Waals surface area contributed by atoms with Crippen LogP contribution in [0, 0.1) is 5.92 Å². The number of nitrogens with one attached hydrogen (secondary N) is 3. The lowest BCUT2D eigenvalue weighted by Gasteiger charge is -2.26. The van der Waals surface area contributed by atoms with E-state index in [0.717, 1.165) is 0 Å². The van der Waals surface area contributed by atoms with Gasteiger partial charge in [0.05, 0.1) is 6.04 Å². The zero-order valence-electron chi connectivity index (χ0n) is 16.6. The summed E-state index contributed by atoms with van der Waals surface area (Å²) in [4.78, 5) is 48.1. The molecule has 0 aliphatic heterocycles. The van der Waals surface area contributed by atoms with E-state index in [1.54, 1.807) is 13.8 Å². The molecule has 0 radical (unpaired) electrons. The van der Waals surface area contributed by atoms with Gasteiger partial charge < -0.3 is 32.5 Å². The molecule has 4 atom stereocenters. The molecule has 4 unspecified atom stereocenters. The van der Waals surface area contributed by atoms with Crippen LogP contribution in [0.15, 0.2) is 0 Å². The van der Waals surface area contributed by atoms with Gasteiger partial charge >= 0.3 is 5.97 Å². The Morgan fingerprint density at radius 1 is 0.929 bits per heavy atom. The molecule has 0 rings (SSSR count). The average Bonchev–Trinajstić information content (AvgIpc) is 2.62. The smallest absolute Gasteiger partial charge is 0.326 e. The van der Waals surface area contributed by atoms with Crippen LogP contribution >= 0.6 is 12.6 Å². The summed E-state index contributed by atoms with van der Waals surface area (Å²) in [5.41, 5.74) is 10.9. The molecule has 0 aromatic heterocycles. The van der Waals surface area contributed by atoms with Crippen LogP contribution < -0.4 is 27.4 Å². The molecule has 11 heteroatoms. The van der Waals surface area contributed by atoms with Gasteiger partial charge in [-0.05, 0) is 38.6 Å². The van der Waals surface area contributed by atoms with E-state index in [1.165, 1.54) is 6.92 Å². The van der Waals surface area contributed by atoms with Gasteiger partial charge in [0.25, 0.3) is 0 Å². The number of aliphatic carboxylic acids is 1. The number of nitrogens with two attached hydrogens (primary N) is 2. The van der Waals surface area contributed by atoms with Gasteiger partial charge in [-0.1, -0.05) is 13.8 Å². The lowest BCUT2D eigenvalue weighted by atomic mass is 10.0. The highest BCUT2D eigenvalue weighted by atomic mass is 32.1. The number of unbranched alkanes of at least 4 members (excludes halogenated alkanes) is 1. The normalized spacial score (nSPS) is 15.2. The maximum Gasteiger partial charge on any atom is 0.326 e. The van der Waals surface area contributed by atoms with E-state index < -0.39 is 47.9 Å². The van der Waals surface area contributed by atoms with Crippen molar-refractivity contribution in [1.29, 1.82) is 0 Å². The summed E-state index contributed by atoms with van der Waals surface area (Å²) in [7, 11) is 0. The Balaban J connectivity index is 5.07. The molecule has 162 valence electrons. The maximum atomic E-state index is 12.6. The molecule has 0 spiro atoms. The zero-order valence-corrected chi connectivity index (χ0v) is 17.5. The summed E-state index contributed by atoms with van der Waals surface area (Å²) in [6.07, 6.45) is 1.44. The van der Waals surface area contributed by atoms with Crippen molar-refractivity contribution in [2.45, 2.75) is 64.2 Å². The molecule has 10 nitrogen and oxygen atoms in total. The number of hydrogen-bond donors (Lipinski definition) is 7. The van der Waals surface area contributed by atoms with Crippen molar-refractivity contribution in [1.82, 2.24) is 16.0 Å². The van der Waals surface area contributed by atoms with Gasteiger partial charge in [-0.3, -0.25) is 14.4 Å². The number of carboxylic acid groups (broad SMARTS) is 1. The summed E-state index contributed by atoms with van der Waals surface area (Å²) < 4.78 is 0. The SMILES string of the molecule is CC(N)C(=O)NC(CS)C(=O)NC(C(=O)NC(CCCCN)C(=O)O)C(C)C. The molecular formula is C17H33N5O5S. The monoisotopic (exact) mass is 419 g/mol. The van der Waals surface area contributed by atoms with Crippen molar-refractivity contribution in [2.24, 2.45) is 17.4 Å². The minimum atomic E-state index is -1.16. The number of amides is 3. The van der Waals surface area contributed by atoms with Gasteiger partial charge in [-0.25, -0.2) is 4.79 Å². The van der Waals surface area contributed by atoms with Crippen LogP contribution in [0.4, 0.5) is 0 Å². The van der Waals surface area contributed by atoms with E-state index in [9.17, 15) is 24.3 Å². The fourth-order valence-corrected chi connectivity index (χ4v) is 2.55. The minimum Gasteiger partial charge on any atom is -0.480 e.